The van der Waals surface area contributed by atoms with Crippen molar-refractivity contribution in [1.82, 2.24) is 0 Å². The molecule has 2 aromatic rings. The number of hydrogen-bond donors (Lipinski definition) is 1. The van der Waals surface area contributed by atoms with Crippen molar-refractivity contribution in [2.24, 2.45) is 0 Å². The van der Waals surface area contributed by atoms with Gasteiger partial charge in [0.2, 0.25) is 11.6 Å². The van der Waals surface area contributed by atoms with E-state index in [1.54, 1.807) is 0 Å². The van der Waals surface area contributed by atoms with Crippen LogP contribution in [0.3, 0.4) is 0 Å². The predicted molar refractivity (Wildman–Crippen MR) is 77.9 cm³/mol. The van der Waals surface area contributed by atoms with Crippen LogP contribution in [0.25, 0.3) is 0 Å². The lowest BCUT2D eigenvalue weighted by atomic mass is 10.1. The van der Waals surface area contributed by atoms with Gasteiger partial charge >= 0.3 is 12.1 Å². The molecule has 0 saturated carbocycles. The number of halogens is 6. The van der Waals surface area contributed by atoms with Crippen LogP contribution in [0.2, 0.25) is 0 Å². The SMILES string of the molecule is COc1cc(Oc2ccc(F)c(F)c2OC)c(C(=O)O)c(F)c1C(F)(F)F. The van der Waals surface area contributed by atoms with E-state index >= 15 is 0 Å². The maximum absolute atomic E-state index is 14.3. The van der Waals surface area contributed by atoms with Crippen LogP contribution in [0.1, 0.15) is 15.9 Å². The monoisotopic (exact) mass is 396 g/mol. The first-order valence-electron chi connectivity index (χ1n) is 6.93. The fourth-order valence-electron chi connectivity index (χ4n) is 2.21. The lowest BCUT2D eigenvalue weighted by Crippen LogP contribution is -2.15. The summed E-state index contributed by atoms with van der Waals surface area (Å²) in [4.78, 5) is 11.3. The molecular weight excluding hydrogens is 386 g/mol. The van der Waals surface area contributed by atoms with E-state index in [-0.39, 0.29) is 0 Å². The standard InChI is InChI=1S/C16H10F6O5/c1-25-9-5-8(10(15(23)24)13(19)11(9)16(20,21)22)27-7-4-3-6(17)12(18)14(7)26-2/h3-5H,1-2H3,(H,23,24). The van der Waals surface area contributed by atoms with Crippen molar-refractivity contribution in [1.29, 1.82) is 0 Å². The molecule has 0 saturated heterocycles. The second kappa shape index (κ2) is 7.25. The van der Waals surface area contributed by atoms with Crippen molar-refractivity contribution in [2.45, 2.75) is 6.18 Å². The van der Waals surface area contributed by atoms with E-state index in [1.807, 2.05) is 0 Å². The summed E-state index contributed by atoms with van der Waals surface area (Å²) in [6, 6.07) is 1.90. The van der Waals surface area contributed by atoms with Crippen molar-refractivity contribution in [2.75, 3.05) is 14.2 Å². The van der Waals surface area contributed by atoms with E-state index in [2.05, 4.69) is 9.47 Å². The summed E-state index contributed by atoms with van der Waals surface area (Å²) in [6.07, 6.45) is -5.27. The van der Waals surface area contributed by atoms with Crippen molar-refractivity contribution >= 4 is 5.97 Å². The summed E-state index contributed by atoms with van der Waals surface area (Å²) in [6.45, 7) is 0. The lowest BCUT2D eigenvalue weighted by Gasteiger charge is -2.18. The second-order valence-electron chi connectivity index (χ2n) is 4.94. The maximum Gasteiger partial charge on any atom is 0.422 e. The Hall–Kier alpha value is -3.11. The van der Waals surface area contributed by atoms with Crippen molar-refractivity contribution in [3.05, 3.63) is 46.8 Å². The van der Waals surface area contributed by atoms with Crippen LogP contribution in [-0.2, 0) is 6.18 Å². The first-order chi connectivity index (χ1) is 12.5. The summed E-state index contributed by atoms with van der Waals surface area (Å²) in [5.41, 5.74) is -3.43. The van der Waals surface area contributed by atoms with Gasteiger partial charge in [-0.25, -0.2) is 13.6 Å². The van der Waals surface area contributed by atoms with E-state index in [9.17, 15) is 31.1 Å². The fourth-order valence-corrected chi connectivity index (χ4v) is 2.21. The smallest absolute Gasteiger partial charge is 0.422 e. The van der Waals surface area contributed by atoms with E-state index in [0.717, 1.165) is 20.3 Å². The quantitative estimate of drug-likeness (QED) is 0.747. The first-order valence-corrected chi connectivity index (χ1v) is 6.93. The molecule has 0 aliphatic carbocycles. The molecule has 0 amide bonds. The van der Waals surface area contributed by atoms with Crippen LogP contribution in [0.5, 0.6) is 23.0 Å². The Labute approximate surface area is 147 Å². The van der Waals surface area contributed by atoms with Crippen LogP contribution in [-0.4, -0.2) is 25.3 Å². The number of hydrogen-bond acceptors (Lipinski definition) is 4. The Balaban J connectivity index is 2.73. The van der Waals surface area contributed by atoms with Crippen molar-refractivity contribution in [3.8, 4) is 23.0 Å². The minimum absolute atomic E-state index is 0.468. The number of benzene rings is 2. The number of aromatic carboxylic acids is 1. The average molecular weight is 396 g/mol. The van der Waals surface area contributed by atoms with Gasteiger partial charge in [0.05, 0.1) is 14.2 Å². The molecule has 1 N–H and O–H groups in total. The van der Waals surface area contributed by atoms with Gasteiger partial charge in [0.1, 0.15) is 22.6 Å². The molecule has 0 heterocycles. The largest absolute Gasteiger partial charge is 0.496 e. The first kappa shape index (κ1) is 20.2. The third-order valence-electron chi connectivity index (χ3n) is 3.35. The zero-order chi connectivity index (χ0) is 20.5. The van der Waals surface area contributed by atoms with Gasteiger partial charge in [-0.1, -0.05) is 0 Å². The molecule has 11 heteroatoms. The molecule has 0 aliphatic rings. The summed E-state index contributed by atoms with van der Waals surface area (Å²) in [5.74, 6) is -10.5. The van der Waals surface area contributed by atoms with Crippen LogP contribution in [0.15, 0.2) is 18.2 Å². The molecule has 0 fully saturated rings. The fraction of sp³-hybridized carbons (Fsp3) is 0.188. The molecule has 2 rings (SSSR count). The highest BCUT2D eigenvalue weighted by atomic mass is 19.4. The van der Waals surface area contributed by atoms with E-state index in [4.69, 9.17) is 9.84 Å². The third kappa shape index (κ3) is 3.71. The lowest BCUT2D eigenvalue weighted by molar-refractivity contribution is -0.141. The molecule has 0 bridgehead atoms. The summed E-state index contributed by atoms with van der Waals surface area (Å²) < 4.78 is 94.5. The molecule has 146 valence electrons. The topological polar surface area (TPSA) is 65.0 Å². The van der Waals surface area contributed by atoms with E-state index < -0.39 is 63.7 Å². The zero-order valence-corrected chi connectivity index (χ0v) is 13.6. The zero-order valence-electron chi connectivity index (χ0n) is 13.6. The molecule has 0 aromatic heterocycles. The Morgan fingerprint density at radius 1 is 0.963 bits per heavy atom. The number of methoxy groups -OCH3 is 2. The van der Waals surface area contributed by atoms with Crippen LogP contribution < -0.4 is 14.2 Å². The summed E-state index contributed by atoms with van der Waals surface area (Å²) in [5, 5.41) is 9.11. The van der Waals surface area contributed by atoms with Gasteiger partial charge < -0.3 is 19.3 Å². The highest BCUT2D eigenvalue weighted by Gasteiger charge is 2.41. The third-order valence-corrected chi connectivity index (χ3v) is 3.35. The van der Waals surface area contributed by atoms with Gasteiger partial charge in [-0.05, 0) is 12.1 Å². The van der Waals surface area contributed by atoms with Gasteiger partial charge in [0.15, 0.2) is 17.4 Å². The number of carboxylic acid groups (broad SMARTS) is 1. The number of alkyl halides is 3. The average Bonchev–Trinajstić information content (AvgIpc) is 2.56. The highest BCUT2D eigenvalue weighted by molar-refractivity contribution is 5.92. The predicted octanol–water partition coefficient (Wildman–Crippen LogP) is 4.63. The summed E-state index contributed by atoms with van der Waals surface area (Å²) >= 11 is 0. The maximum atomic E-state index is 14.3. The van der Waals surface area contributed by atoms with E-state index in [0.29, 0.717) is 12.1 Å². The van der Waals surface area contributed by atoms with Gasteiger partial charge in [-0.2, -0.15) is 17.6 Å². The molecule has 0 atom stereocenters. The minimum atomic E-state index is -5.27. The van der Waals surface area contributed by atoms with Crippen LogP contribution in [0.4, 0.5) is 26.3 Å². The Kier molecular flexibility index (Phi) is 5.43. The number of ether oxygens (including phenoxy) is 3. The van der Waals surface area contributed by atoms with Gasteiger partial charge in [-0.15, -0.1) is 0 Å². The Morgan fingerprint density at radius 2 is 1.59 bits per heavy atom. The minimum Gasteiger partial charge on any atom is -0.496 e. The molecule has 2 aromatic carbocycles. The van der Waals surface area contributed by atoms with Gasteiger partial charge in [0, 0.05) is 6.07 Å². The van der Waals surface area contributed by atoms with Crippen LogP contribution >= 0.6 is 0 Å². The number of rotatable bonds is 5. The Bertz CT molecular complexity index is 894. The molecule has 0 radical (unpaired) electrons. The second-order valence-corrected chi connectivity index (χ2v) is 4.94. The number of carbonyl (C=O) groups is 1. The molecule has 0 aliphatic heterocycles. The van der Waals surface area contributed by atoms with Crippen molar-refractivity contribution < 1.29 is 50.5 Å². The van der Waals surface area contributed by atoms with Gasteiger partial charge in [-0.3, -0.25) is 0 Å². The molecule has 0 unspecified atom stereocenters. The Morgan fingerprint density at radius 3 is 2.07 bits per heavy atom. The van der Waals surface area contributed by atoms with Crippen molar-refractivity contribution in [3.63, 3.8) is 0 Å². The van der Waals surface area contributed by atoms with E-state index in [1.165, 1.54) is 0 Å². The molecular formula is C16H10F6O5. The molecule has 0 spiro atoms. The molecule has 27 heavy (non-hydrogen) atoms. The van der Waals surface area contributed by atoms with Crippen LogP contribution in [0, 0.1) is 17.5 Å². The summed E-state index contributed by atoms with van der Waals surface area (Å²) in [7, 11) is 1.74. The highest BCUT2D eigenvalue weighted by Crippen LogP contribution is 2.44. The van der Waals surface area contributed by atoms with Gasteiger partial charge in [0.25, 0.3) is 0 Å². The normalized spacial score (nSPS) is 11.3. The molecule has 5 nitrogen and oxygen atoms in total. The number of carboxylic acids is 1.